The highest BCUT2D eigenvalue weighted by molar-refractivity contribution is 8.14. The molecule has 2 rings (SSSR count). The molecule has 5 atom stereocenters. The molecular weight excluding hydrogens is 393 g/mol. The van der Waals surface area contributed by atoms with Crippen molar-refractivity contribution in [2.24, 2.45) is 5.16 Å². The summed E-state index contributed by atoms with van der Waals surface area (Å²) in [6.07, 6.45) is -6.66. The molecule has 0 spiro atoms. The minimum atomic E-state index is -4.87. The van der Waals surface area contributed by atoms with Crippen LogP contribution in [0.4, 0.5) is 4.39 Å². The molecule has 0 saturated carbocycles. The zero-order valence-corrected chi connectivity index (χ0v) is 14.9. The first kappa shape index (κ1) is 21.0. The van der Waals surface area contributed by atoms with Crippen molar-refractivity contribution in [2.75, 3.05) is 6.61 Å². The molecule has 26 heavy (non-hydrogen) atoms. The Hall–Kier alpha value is -1.28. The van der Waals surface area contributed by atoms with Crippen LogP contribution in [0.3, 0.4) is 0 Å². The maximum Gasteiger partial charge on any atom is 0.466 e. The Kier molecular flexibility index (Phi) is 7.34. The third-order valence-electron chi connectivity index (χ3n) is 3.49. The van der Waals surface area contributed by atoms with Crippen LogP contribution in [0.15, 0.2) is 35.5 Å². The number of rotatable bonds is 6. The zero-order chi connectivity index (χ0) is 19.3. The topological polar surface area (TPSA) is 146 Å². The van der Waals surface area contributed by atoms with Crippen molar-refractivity contribution in [3.8, 4) is 0 Å². The van der Waals surface area contributed by atoms with Crippen LogP contribution in [-0.4, -0.2) is 69.9 Å². The Morgan fingerprint density at radius 2 is 1.92 bits per heavy atom. The number of ether oxygens (including phenoxy) is 1. The second-order valence-corrected chi connectivity index (χ2v) is 7.59. The Morgan fingerprint density at radius 3 is 2.50 bits per heavy atom. The molecule has 1 heterocycles. The van der Waals surface area contributed by atoms with Gasteiger partial charge in [-0.05, 0) is 5.56 Å². The van der Waals surface area contributed by atoms with Gasteiger partial charge in [-0.25, -0.2) is 8.67 Å². The highest BCUT2D eigenvalue weighted by atomic mass is 32.3. The molecule has 1 aromatic rings. The molecular formula is C14H18FNO8S2. The van der Waals surface area contributed by atoms with E-state index in [1.165, 1.54) is 0 Å². The van der Waals surface area contributed by atoms with Crippen molar-refractivity contribution in [1.82, 2.24) is 0 Å². The molecule has 1 aliphatic rings. The van der Waals surface area contributed by atoms with E-state index in [4.69, 9.17) is 14.4 Å². The van der Waals surface area contributed by atoms with Crippen molar-refractivity contribution >= 4 is 27.2 Å². The van der Waals surface area contributed by atoms with Crippen LogP contribution in [0.1, 0.15) is 5.56 Å². The fourth-order valence-corrected chi connectivity index (χ4v) is 3.55. The lowest BCUT2D eigenvalue weighted by molar-refractivity contribution is -0.188. The molecule has 4 N–H and O–H groups in total. The van der Waals surface area contributed by atoms with Crippen molar-refractivity contribution in [2.45, 2.75) is 36.3 Å². The normalized spacial score (nSPS) is 30.2. The van der Waals surface area contributed by atoms with Gasteiger partial charge in [-0.2, -0.15) is 8.42 Å². The minimum Gasteiger partial charge on any atom is -0.394 e. The maximum atomic E-state index is 14.3. The summed E-state index contributed by atoms with van der Waals surface area (Å²) in [5.41, 5.74) is -0.707. The van der Waals surface area contributed by atoms with Gasteiger partial charge < -0.3 is 20.1 Å². The number of aliphatic hydroxyl groups excluding tert-OH is 3. The van der Waals surface area contributed by atoms with Crippen LogP contribution < -0.4 is 0 Å². The summed E-state index contributed by atoms with van der Waals surface area (Å²) in [5, 5.41) is 31.8. The third-order valence-corrected chi connectivity index (χ3v) is 4.85. The largest absolute Gasteiger partial charge is 0.466 e. The predicted octanol–water partition coefficient (Wildman–Crippen LogP) is -0.128. The number of alkyl halides is 1. The summed E-state index contributed by atoms with van der Waals surface area (Å²) in [6, 6.07) is 8.60. The van der Waals surface area contributed by atoms with E-state index < -0.39 is 46.9 Å². The van der Waals surface area contributed by atoms with Crippen LogP contribution >= 0.6 is 11.8 Å². The maximum absolute atomic E-state index is 14.3. The lowest BCUT2D eigenvalue weighted by Crippen LogP contribution is -2.56. The number of oxime groups is 1. The molecule has 0 aliphatic carbocycles. The van der Waals surface area contributed by atoms with E-state index in [2.05, 4.69) is 9.44 Å². The van der Waals surface area contributed by atoms with Crippen LogP contribution in [-0.2, 0) is 25.8 Å². The number of nitrogens with zero attached hydrogens (tertiary/aromatic N) is 1. The van der Waals surface area contributed by atoms with Gasteiger partial charge in [0.25, 0.3) is 0 Å². The number of hydrogen-bond acceptors (Lipinski definition) is 9. The average Bonchev–Trinajstić information content (AvgIpc) is 2.60. The van der Waals surface area contributed by atoms with Crippen molar-refractivity contribution < 1.29 is 41.7 Å². The monoisotopic (exact) mass is 411 g/mol. The molecule has 12 heteroatoms. The Morgan fingerprint density at radius 1 is 1.27 bits per heavy atom. The molecule has 1 aliphatic heterocycles. The van der Waals surface area contributed by atoms with E-state index in [0.29, 0.717) is 17.3 Å². The zero-order valence-electron chi connectivity index (χ0n) is 13.3. The van der Waals surface area contributed by atoms with Gasteiger partial charge in [-0.3, -0.25) is 4.55 Å². The van der Waals surface area contributed by atoms with Gasteiger partial charge in [-0.1, -0.05) is 47.2 Å². The SMILES string of the molecule is O=S(=O)(O)ON=C(Cc1ccccc1)S[C@@H]1O[C@@H](CO)[C@H](O)[C@@H](O)[C@@H]1F. The first-order valence-corrected chi connectivity index (χ1v) is 9.66. The van der Waals surface area contributed by atoms with E-state index in [0.717, 1.165) is 0 Å². The molecule has 0 amide bonds. The van der Waals surface area contributed by atoms with Crippen molar-refractivity contribution in [3.63, 3.8) is 0 Å². The first-order valence-electron chi connectivity index (χ1n) is 7.41. The molecule has 1 fully saturated rings. The molecule has 0 bridgehead atoms. The van der Waals surface area contributed by atoms with Crippen molar-refractivity contribution in [1.29, 1.82) is 0 Å². The molecule has 1 saturated heterocycles. The molecule has 0 unspecified atom stereocenters. The molecule has 0 aromatic heterocycles. The summed E-state index contributed by atoms with van der Waals surface area (Å²) >= 11 is 0.604. The molecule has 1 aromatic carbocycles. The summed E-state index contributed by atoms with van der Waals surface area (Å²) in [4.78, 5) is 0. The lowest BCUT2D eigenvalue weighted by Gasteiger charge is -2.38. The Labute approximate surface area is 153 Å². The third kappa shape index (κ3) is 5.87. The smallest absolute Gasteiger partial charge is 0.394 e. The van der Waals surface area contributed by atoms with Gasteiger partial charge in [0.2, 0.25) is 0 Å². The highest BCUT2D eigenvalue weighted by Gasteiger charge is 2.45. The van der Waals surface area contributed by atoms with Gasteiger partial charge in [-0.15, -0.1) is 0 Å². The van der Waals surface area contributed by atoms with Gasteiger partial charge in [0, 0.05) is 6.42 Å². The van der Waals surface area contributed by atoms with Crippen LogP contribution in [0, 0.1) is 0 Å². The van der Waals surface area contributed by atoms with Crippen LogP contribution in [0.25, 0.3) is 0 Å². The second kappa shape index (κ2) is 9.08. The number of hydrogen-bond donors (Lipinski definition) is 4. The second-order valence-electron chi connectivity index (χ2n) is 5.42. The molecule has 9 nitrogen and oxygen atoms in total. The summed E-state index contributed by atoms with van der Waals surface area (Å²) < 4.78 is 53.6. The fraction of sp³-hybridized carbons (Fsp3) is 0.500. The quantitative estimate of drug-likeness (QED) is 0.218. The Balaban J connectivity index is 2.19. The summed E-state index contributed by atoms with van der Waals surface area (Å²) in [5.74, 6) is 0. The average molecular weight is 411 g/mol. The van der Waals surface area contributed by atoms with Gasteiger partial charge in [0.1, 0.15) is 28.8 Å². The number of thioether (sulfide) groups is 1. The molecule has 146 valence electrons. The minimum absolute atomic E-state index is 0.0239. The summed E-state index contributed by atoms with van der Waals surface area (Å²) in [6.45, 7) is -0.658. The lowest BCUT2D eigenvalue weighted by atomic mass is 10.0. The van der Waals surface area contributed by atoms with E-state index >= 15 is 0 Å². The first-order chi connectivity index (χ1) is 12.2. The Bertz CT molecular complexity index is 715. The van der Waals surface area contributed by atoms with E-state index in [1.807, 2.05) is 0 Å². The van der Waals surface area contributed by atoms with Crippen molar-refractivity contribution in [3.05, 3.63) is 35.9 Å². The predicted molar refractivity (Wildman–Crippen MR) is 90.5 cm³/mol. The van der Waals surface area contributed by atoms with E-state index in [9.17, 15) is 23.0 Å². The van der Waals surface area contributed by atoms with Gasteiger partial charge in [0.05, 0.1) is 6.61 Å². The van der Waals surface area contributed by atoms with Crippen LogP contribution in [0.2, 0.25) is 0 Å². The van der Waals surface area contributed by atoms with Gasteiger partial charge in [0.15, 0.2) is 6.17 Å². The fourth-order valence-electron chi connectivity index (χ4n) is 2.23. The summed E-state index contributed by atoms with van der Waals surface area (Å²) in [7, 11) is -4.87. The number of aliphatic hydroxyl groups is 3. The number of benzene rings is 1. The number of halogens is 1. The van der Waals surface area contributed by atoms with Crippen LogP contribution in [0.5, 0.6) is 0 Å². The highest BCUT2D eigenvalue weighted by Crippen LogP contribution is 2.32. The molecule has 0 radical (unpaired) electrons. The van der Waals surface area contributed by atoms with E-state index in [-0.39, 0.29) is 11.5 Å². The van der Waals surface area contributed by atoms with Gasteiger partial charge >= 0.3 is 10.4 Å². The standard InChI is InChI=1S/C14H18FNO8S2/c15-11-13(19)12(18)9(7-17)23-14(11)25-10(16-24-26(20,21)22)6-8-4-2-1-3-5-8/h1-5,9,11-14,17-19H,6-7H2,(H,20,21,22)/t9-,11-,12-,13-,14-/m0/s1. The van der Waals surface area contributed by atoms with E-state index in [1.54, 1.807) is 30.3 Å².